The number of Topliss-reactive ketones (excluding diaryl/α,β-unsaturated/α-hetero) is 1. The molecule has 0 radical (unpaired) electrons. The summed E-state index contributed by atoms with van der Waals surface area (Å²) in [6.45, 7) is 0. The zero-order chi connectivity index (χ0) is 11.7. The summed E-state index contributed by atoms with van der Waals surface area (Å²) in [7, 11) is 0. The molecule has 17 heavy (non-hydrogen) atoms. The van der Waals surface area contributed by atoms with Crippen LogP contribution in [0.15, 0.2) is 47.5 Å². The normalized spacial score (nSPS) is 14.5. The third-order valence-electron chi connectivity index (χ3n) is 2.80. The lowest BCUT2D eigenvalue weighted by atomic mass is 10.1. The fourth-order valence-corrected chi connectivity index (χ4v) is 2.89. The Bertz CT molecular complexity index is 566. The van der Waals surface area contributed by atoms with Crippen LogP contribution in [0, 0.1) is 0 Å². The molecule has 2 nitrogen and oxygen atoms in total. The summed E-state index contributed by atoms with van der Waals surface area (Å²) in [6.07, 6.45) is 0.629. The molecule has 1 aliphatic heterocycles. The number of hydrogen-bond donors (Lipinski definition) is 0. The van der Waals surface area contributed by atoms with Gasteiger partial charge in [0.1, 0.15) is 5.03 Å². The van der Waals surface area contributed by atoms with Gasteiger partial charge in [-0.3, -0.25) is 4.79 Å². The summed E-state index contributed by atoms with van der Waals surface area (Å²) in [5, 5.41) is 0.877. The maximum Gasteiger partial charge on any atom is 0.166 e. The quantitative estimate of drug-likeness (QED) is 0.766. The average Bonchev–Trinajstić information content (AvgIpc) is 2.40. The molecule has 0 fully saturated rings. The van der Waals surface area contributed by atoms with Crippen LogP contribution in [-0.2, 0) is 0 Å². The van der Waals surface area contributed by atoms with Crippen molar-refractivity contribution in [3.63, 3.8) is 0 Å². The van der Waals surface area contributed by atoms with E-state index in [0.29, 0.717) is 6.42 Å². The van der Waals surface area contributed by atoms with Gasteiger partial charge >= 0.3 is 0 Å². The largest absolute Gasteiger partial charge is 0.294 e. The van der Waals surface area contributed by atoms with Crippen LogP contribution >= 0.6 is 11.8 Å². The van der Waals surface area contributed by atoms with Gasteiger partial charge < -0.3 is 0 Å². The second kappa shape index (κ2) is 4.34. The Balaban J connectivity index is 2.07. The van der Waals surface area contributed by atoms with Crippen molar-refractivity contribution in [3.05, 3.63) is 48.0 Å². The highest BCUT2D eigenvalue weighted by molar-refractivity contribution is 7.99. The van der Waals surface area contributed by atoms with E-state index in [0.717, 1.165) is 27.6 Å². The highest BCUT2D eigenvalue weighted by Crippen LogP contribution is 2.30. The van der Waals surface area contributed by atoms with Crippen LogP contribution in [0.4, 0.5) is 0 Å². The first kappa shape index (κ1) is 10.5. The maximum absolute atomic E-state index is 11.7. The molecule has 0 saturated heterocycles. The molecule has 84 valence electrons. The molecule has 3 heteroatoms. The summed E-state index contributed by atoms with van der Waals surface area (Å²) in [6, 6.07) is 13.9. The molecule has 0 spiro atoms. The first-order valence-electron chi connectivity index (χ1n) is 5.57. The topological polar surface area (TPSA) is 30.0 Å². The highest BCUT2D eigenvalue weighted by atomic mass is 32.2. The minimum absolute atomic E-state index is 0.214. The molecule has 0 amide bonds. The first-order valence-corrected chi connectivity index (χ1v) is 6.55. The number of nitrogens with zero attached hydrogens (tertiary/aromatic N) is 1. The summed E-state index contributed by atoms with van der Waals surface area (Å²) in [5.74, 6) is 1.06. The van der Waals surface area contributed by atoms with Crippen molar-refractivity contribution in [2.75, 3.05) is 5.75 Å². The van der Waals surface area contributed by atoms with Crippen LogP contribution in [0.5, 0.6) is 0 Å². The van der Waals surface area contributed by atoms with Crippen LogP contribution in [0.2, 0.25) is 0 Å². The summed E-state index contributed by atoms with van der Waals surface area (Å²) in [5.41, 5.74) is 2.81. The minimum atomic E-state index is 0.214. The van der Waals surface area contributed by atoms with Crippen molar-refractivity contribution in [1.29, 1.82) is 0 Å². The van der Waals surface area contributed by atoms with Gasteiger partial charge in [-0.25, -0.2) is 4.98 Å². The molecule has 1 aromatic heterocycles. The van der Waals surface area contributed by atoms with Crippen LogP contribution in [-0.4, -0.2) is 16.5 Å². The van der Waals surface area contributed by atoms with Gasteiger partial charge in [-0.15, -0.1) is 11.8 Å². The predicted octanol–water partition coefficient (Wildman–Crippen LogP) is 3.43. The number of hydrogen-bond acceptors (Lipinski definition) is 3. The van der Waals surface area contributed by atoms with Gasteiger partial charge in [0, 0.05) is 23.3 Å². The third-order valence-corrected chi connectivity index (χ3v) is 3.79. The molecule has 0 saturated carbocycles. The van der Waals surface area contributed by atoms with Gasteiger partial charge in [0.2, 0.25) is 0 Å². The van der Waals surface area contributed by atoms with Crippen molar-refractivity contribution in [3.8, 4) is 11.3 Å². The van der Waals surface area contributed by atoms with E-state index in [1.165, 1.54) is 0 Å². The van der Waals surface area contributed by atoms with E-state index in [9.17, 15) is 4.79 Å². The Hall–Kier alpha value is -1.61. The number of carbonyl (C=O) groups is 1. The van der Waals surface area contributed by atoms with Gasteiger partial charge in [0.05, 0.1) is 5.69 Å². The van der Waals surface area contributed by atoms with Gasteiger partial charge in [-0.1, -0.05) is 30.3 Å². The maximum atomic E-state index is 11.7. The Kier molecular flexibility index (Phi) is 2.69. The van der Waals surface area contributed by atoms with Crippen molar-refractivity contribution in [1.82, 2.24) is 4.98 Å². The molecule has 0 bridgehead atoms. The number of pyridine rings is 1. The number of thioether (sulfide) groups is 1. The van der Waals surface area contributed by atoms with E-state index in [1.807, 2.05) is 42.5 Å². The molecule has 0 atom stereocenters. The fraction of sp³-hybridized carbons (Fsp3) is 0.143. The molecule has 0 N–H and O–H groups in total. The Morgan fingerprint density at radius 2 is 1.88 bits per heavy atom. The van der Waals surface area contributed by atoms with Crippen LogP contribution in [0.1, 0.15) is 16.8 Å². The summed E-state index contributed by atoms with van der Waals surface area (Å²) in [4.78, 5) is 16.3. The highest BCUT2D eigenvalue weighted by Gasteiger charge is 2.19. The lowest BCUT2D eigenvalue weighted by Gasteiger charge is -2.13. The Morgan fingerprint density at radius 3 is 2.71 bits per heavy atom. The molecular weight excluding hydrogens is 230 g/mol. The minimum Gasteiger partial charge on any atom is -0.294 e. The van der Waals surface area contributed by atoms with E-state index in [2.05, 4.69) is 4.98 Å². The number of benzene rings is 1. The van der Waals surface area contributed by atoms with Gasteiger partial charge in [0.25, 0.3) is 0 Å². The molecule has 0 unspecified atom stereocenters. The molecule has 0 aliphatic carbocycles. The van der Waals surface area contributed by atoms with Crippen LogP contribution < -0.4 is 0 Å². The lowest BCUT2D eigenvalue weighted by molar-refractivity contribution is 0.0984. The first-order chi connectivity index (χ1) is 8.34. The predicted molar refractivity (Wildman–Crippen MR) is 69.3 cm³/mol. The number of aromatic nitrogens is 1. The van der Waals surface area contributed by atoms with E-state index >= 15 is 0 Å². The summed E-state index contributed by atoms with van der Waals surface area (Å²) >= 11 is 1.67. The third kappa shape index (κ3) is 1.98. The van der Waals surface area contributed by atoms with E-state index in [4.69, 9.17) is 0 Å². The van der Waals surface area contributed by atoms with Gasteiger partial charge in [-0.2, -0.15) is 0 Å². The molecule has 3 rings (SSSR count). The Labute approximate surface area is 104 Å². The second-order valence-electron chi connectivity index (χ2n) is 3.94. The smallest absolute Gasteiger partial charge is 0.166 e. The monoisotopic (exact) mass is 241 g/mol. The van der Waals surface area contributed by atoms with E-state index < -0.39 is 0 Å². The number of rotatable bonds is 1. The van der Waals surface area contributed by atoms with Crippen molar-refractivity contribution in [2.45, 2.75) is 11.4 Å². The molecule has 1 aliphatic rings. The number of fused-ring (bicyclic) bond motifs is 1. The fourth-order valence-electron chi connectivity index (χ4n) is 1.91. The van der Waals surface area contributed by atoms with Crippen molar-refractivity contribution >= 4 is 17.5 Å². The zero-order valence-corrected chi connectivity index (χ0v) is 10.0. The average molecular weight is 241 g/mol. The van der Waals surface area contributed by atoms with Crippen molar-refractivity contribution < 1.29 is 4.79 Å². The van der Waals surface area contributed by atoms with Crippen molar-refractivity contribution in [2.24, 2.45) is 0 Å². The molecule has 2 aromatic rings. The molecule has 1 aromatic carbocycles. The van der Waals surface area contributed by atoms with E-state index in [-0.39, 0.29) is 5.78 Å². The van der Waals surface area contributed by atoms with Crippen LogP contribution in [0.25, 0.3) is 11.3 Å². The lowest BCUT2D eigenvalue weighted by Crippen LogP contribution is -2.09. The Morgan fingerprint density at radius 1 is 1.06 bits per heavy atom. The summed E-state index contributed by atoms with van der Waals surface area (Å²) < 4.78 is 0. The zero-order valence-electron chi connectivity index (χ0n) is 9.22. The van der Waals surface area contributed by atoms with Gasteiger partial charge in [-0.05, 0) is 12.1 Å². The van der Waals surface area contributed by atoms with Gasteiger partial charge in [0.15, 0.2) is 5.78 Å². The SMILES string of the molecule is O=C1CCSc2nc(-c3ccccc3)ccc21. The van der Waals surface area contributed by atoms with E-state index in [1.54, 1.807) is 11.8 Å². The standard InChI is InChI=1S/C14H11NOS/c16-13-8-9-17-14-11(13)6-7-12(15-14)10-4-2-1-3-5-10/h1-7H,8-9H2. The second-order valence-corrected chi connectivity index (χ2v) is 5.02. The van der Waals surface area contributed by atoms with Crippen LogP contribution in [0.3, 0.4) is 0 Å². The number of carbonyl (C=O) groups excluding carboxylic acids is 1. The molecule has 2 heterocycles. The number of ketones is 1. The molecular formula is C14H11NOS.